The highest BCUT2D eigenvalue weighted by Gasteiger charge is 2.52. The molecule has 3 aromatic carbocycles. The van der Waals surface area contributed by atoms with Crippen LogP contribution in [0.2, 0.25) is 0 Å². The molecule has 2 aliphatic rings. The van der Waals surface area contributed by atoms with Crippen molar-refractivity contribution in [3.05, 3.63) is 89.5 Å². The van der Waals surface area contributed by atoms with Crippen LogP contribution in [0, 0.1) is 11.3 Å². The molecule has 2 saturated heterocycles. The van der Waals surface area contributed by atoms with Crippen LogP contribution in [0.25, 0.3) is 10.2 Å². The van der Waals surface area contributed by atoms with Crippen LogP contribution in [0.5, 0.6) is 0 Å². The van der Waals surface area contributed by atoms with Gasteiger partial charge in [0.2, 0.25) is 11.8 Å². The van der Waals surface area contributed by atoms with E-state index in [1.807, 2.05) is 42.5 Å². The standard InChI is InChI=1S/C33H33N9O4S/c1-38(2)33(46)40(16-15-34)41-20-28(43)42-25(17-21-11-13-24(14-12-21)36-30(44)22-7-4-3-5-8-22)31(45)39(19-27(41)42)18-23-9-6-10-26-29(23)37-32(35)47-26/h3-14,25,27H,16-20H2,1-2H3,(H2,35,37)(H,36,44)/t25-,27+/m0/s1. The number of fused-ring (bicyclic) bond motifs is 2. The van der Waals surface area contributed by atoms with Crippen LogP contribution in [-0.2, 0) is 22.6 Å². The maximum Gasteiger partial charge on any atom is 0.335 e. The van der Waals surface area contributed by atoms with Crippen LogP contribution in [0.15, 0.2) is 72.8 Å². The van der Waals surface area contributed by atoms with Gasteiger partial charge in [-0.25, -0.2) is 14.8 Å². The molecule has 1 aromatic heterocycles. The quantitative estimate of drug-likeness (QED) is 0.275. The van der Waals surface area contributed by atoms with Gasteiger partial charge in [-0.15, -0.1) is 0 Å². The number of nitriles is 1. The van der Waals surface area contributed by atoms with Crippen molar-refractivity contribution in [2.45, 2.75) is 25.2 Å². The Morgan fingerprint density at radius 2 is 1.81 bits per heavy atom. The number of benzene rings is 3. The van der Waals surface area contributed by atoms with E-state index in [1.54, 1.807) is 65.3 Å². The molecule has 3 N–H and O–H groups in total. The minimum absolute atomic E-state index is 0.115. The number of aromatic nitrogens is 1. The van der Waals surface area contributed by atoms with Crippen LogP contribution in [0.4, 0.5) is 15.6 Å². The van der Waals surface area contributed by atoms with Crippen molar-refractivity contribution in [3.8, 4) is 6.07 Å². The van der Waals surface area contributed by atoms with E-state index in [0.717, 1.165) is 15.8 Å². The molecule has 4 aromatic rings. The number of rotatable bonds is 8. The number of nitrogen functional groups attached to an aromatic ring is 1. The maximum absolute atomic E-state index is 14.3. The zero-order valence-corrected chi connectivity index (χ0v) is 26.7. The second-order valence-electron chi connectivity index (χ2n) is 11.5. The molecule has 0 spiro atoms. The van der Waals surface area contributed by atoms with E-state index in [9.17, 15) is 24.4 Å². The van der Waals surface area contributed by atoms with Gasteiger partial charge in [0.05, 0.1) is 29.4 Å². The number of amides is 5. The molecule has 3 heterocycles. The lowest BCUT2D eigenvalue weighted by molar-refractivity contribution is -0.157. The number of carbonyl (C=O) groups is 4. The van der Waals surface area contributed by atoms with Crippen molar-refractivity contribution in [1.29, 1.82) is 5.26 Å². The molecule has 2 aliphatic heterocycles. The Kier molecular flexibility index (Phi) is 8.75. The Bertz CT molecular complexity index is 1870. The Morgan fingerprint density at radius 1 is 1.06 bits per heavy atom. The van der Waals surface area contributed by atoms with E-state index in [-0.39, 0.29) is 50.3 Å². The average Bonchev–Trinajstić information content (AvgIpc) is 3.61. The van der Waals surface area contributed by atoms with Gasteiger partial charge in [0.25, 0.3) is 5.91 Å². The van der Waals surface area contributed by atoms with Crippen LogP contribution < -0.4 is 11.1 Å². The van der Waals surface area contributed by atoms with Crippen molar-refractivity contribution >= 4 is 56.1 Å². The lowest BCUT2D eigenvalue weighted by Crippen LogP contribution is -2.66. The number of hydrogen-bond acceptors (Lipinski definition) is 9. The summed E-state index contributed by atoms with van der Waals surface area (Å²) in [6, 6.07) is 22.4. The van der Waals surface area contributed by atoms with Crippen LogP contribution in [0.1, 0.15) is 21.5 Å². The van der Waals surface area contributed by atoms with Gasteiger partial charge in [0.15, 0.2) is 5.13 Å². The highest BCUT2D eigenvalue weighted by molar-refractivity contribution is 7.22. The Balaban J connectivity index is 1.30. The number of nitrogens with two attached hydrogens (primary N) is 1. The molecule has 0 unspecified atom stereocenters. The number of nitrogens with zero attached hydrogens (tertiary/aromatic N) is 7. The highest BCUT2D eigenvalue weighted by atomic mass is 32.1. The molecular weight excluding hydrogens is 618 g/mol. The lowest BCUT2D eigenvalue weighted by atomic mass is 9.99. The zero-order chi connectivity index (χ0) is 33.2. The van der Waals surface area contributed by atoms with Gasteiger partial charge in [0.1, 0.15) is 18.8 Å². The van der Waals surface area contributed by atoms with E-state index >= 15 is 0 Å². The molecule has 240 valence electrons. The Morgan fingerprint density at radius 3 is 2.51 bits per heavy atom. The fraction of sp³-hybridized carbons (Fsp3) is 0.273. The predicted molar refractivity (Wildman–Crippen MR) is 177 cm³/mol. The number of nitrogens with one attached hydrogen (secondary N) is 1. The molecule has 0 bridgehead atoms. The molecule has 14 heteroatoms. The molecule has 6 rings (SSSR count). The van der Waals surface area contributed by atoms with E-state index in [1.165, 1.54) is 21.2 Å². The normalized spacial score (nSPS) is 17.8. The molecule has 0 aliphatic carbocycles. The smallest absolute Gasteiger partial charge is 0.335 e. The third kappa shape index (κ3) is 6.31. The fourth-order valence-electron chi connectivity index (χ4n) is 6.05. The SMILES string of the molecule is CN(C)C(=O)N(CC#N)N1CC(=O)N2[C@@H](Cc3ccc(NC(=O)c4ccccc4)cc3)C(=O)N(Cc3cccc4sc(N)nc34)C[C@@H]21. The zero-order valence-electron chi connectivity index (χ0n) is 25.9. The van der Waals surface area contributed by atoms with Crippen molar-refractivity contribution in [2.24, 2.45) is 0 Å². The number of hydrogen-bond donors (Lipinski definition) is 2. The number of urea groups is 1. The van der Waals surface area contributed by atoms with Crippen molar-refractivity contribution in [1.82, 2.24) is 29.7 Å². The maximum atomic E-state index is 14.3. The van der Waals surface area contributed by atoms with Crippen molar-refractivity contribution in [3.63, 3.8) is 0 Å². The minimum atomic E-state index is -0.880. The molecule has 2 atom stereocenters. The first kappa shape index (κ1) is 31.5. The summed E-state index contributed by atoms with van der Waals surface area (Å²) in [5, 5.41) is 15.7. The van der Waals surface area contributed by atoms with Gasteiger partial charge in [-0.3, -0.25) is 14.4 Å². The summed E-state index contributed by atoms with van der Waals surface area (Å²) in [5.41, 5.74) is 9.41. The van der Waals surface area contributed by atoms with Crippen molar-refractivity contribution < 1.29 is 19.2 Å². The third-order valence-corrected chi connectivity index (χ3v) is 9.11. The first-order valence-corrected chi connectivity index (χ1v) is 15.8. The predicted octanol–water partition coefficient (Wildman–Crippen LogP) is 2.98. The number of piperazine rings is 1. The summed E-state index contributed by atoms with van der Waals surface area (Å²) in [6.07, 6.45) is -0.488. The van der Waals surface area contributed by atoms with Gasteiger partial charge >= 0.3 is 6.03 Å². The van der Waals surface area contributed by atoms with Gasteiger partial charge in [-0.05, 0) is 41.5 Å². The number of hydrazine groups is 1. The molecular formula is C33H33N9O4S. The van der Waals surface area contributed by atoms with E-state index in [4.69, 9.17) is 5.73 Å². The van der Waals surface area contributed by atoms with E-state index < -0.39 is 18.2 Å². The number of carbonyl (C=O) groups excluding carboxylic acids is 4. The van der Waals surface area contributed by atoms with Gasteiger partial charge < -0.3 is 25.8 Å². The third-order valence-electron chi connectivity index (χ3n) is 8.26. The van der Waals surface area contributed by atoms with Gasteiger partial charge in [-0.1, -0.05) is 53.8 Å². The molecule has 47 heavy (non-hydrogen) atoms. The summed E-state index contributed by atoms with van der Waals surface area (Å²) in [6.45, 7) is -0.0935. The number of thiazole rings is 1. The second-order valence-corrected chi connectivity index (χ2v) is 12.6. The molecule has 2 fully saturated rings. The number of anilines is 2. The first-order chi connectivity index (χ1) is 22.6. The summed E-state index contributed by atoms with van der Waals surface area (Å²) in [4.78, 5) is 62.7. The van der Waals surface area contributed by atoms with E-state index in [0.29, 0.717) is 21.9 Å². The molecule has 0 saturated carbocycles. The monoisotopic (exact) mass is 651 g/mol. The summed E-state index contributed by atoms with van der Waals surface area (Å²) in [5.74, 6) is -0.805. The number of para-hydroxylation sites is 1. The van der Waals surface area contributed by atoms with Crippen LogP contribution in [-0.4, -0.2) is 99.4 Å². The molecule has 0 radical (unpaired) electrons. The lowest BCUT2D eigenvalue weighted by Gasteiger charge is -2.46. The minimum Gasteiger partial charge on any atom is -0.375 e. The highest BCUT2D eigenvalue weighted by Crippen LogP contribution is 2.32. The second kappa shape index (κ2) is 13.1. The molecule has 5 amide bonds. The largest absolute Gasteiger partial charge is 0.375 e. The average molecular weight is 652 g/mol. The fourth-order valence-corrected chi connectivity index (χ4v) is 6.83. The van der Waals surface area contributed by atoms with Crippen molar-refractivity contribution in [2.75, 3.05) is 44.8 Å². The Hall–Kier alpha value is -5.52. The van der Waals surface area contributed by atoms with Gasteiger partial charge in [0, 0.05) is 38.3 Å². The Labute approximate surface area is 275 Å². The first-order valence-electron chi connectivity index (χ1n) is 15.0. The summed E-state index contributed by atoms with van der Waals surface area (Å²) < 4.78 is 0.900. The van der Waals surface area contributed by atoms with Crippen LogP contribution in [0.3, 0.4) is 0 Å². The van der Waals surface area contributed by atoms with Crippen LogP contribution >= 0.6 is 11.3 Å². The topological polar surface area (TPSA) is 159 Å². The summed E-state index contributed by atoms with van der Waals surface area (Å²) in [7, 11) is 3.15. The van der Waals surface area contributed by atoms with E-state index in [2.05, 4.69) is 10.3 Å². The molecule has 13 nitrogen and oxygen atoms in total. The summed E-state index contributed by atoms with van der Waals surface area (Å²) >= 11 is 1.36. The van der Waals surface area contributed by atoms with Gasteiger partial charge in [-0.2, -0.15) is 10.3 Å².